The maximum absolute atomic E-state index is 12.2. The van der Waals surface area contributed by atoms with Crippen molar-refractivity contribution in [2.75, 3.05) is 17.2 Å². The molecule has 96 valence electrons. The molecular weight excluding hydrogens is 306 g/mol. The summed E-state index contributed by atoms with van der Waals surface area (Å²) in [7, 11) is 0. The maximum atomic E-state index is 12.2. The van der Waals surface area contributed by atoms with Crippen LogP contribution in [0.4, 0.5) is 11.5 Å². The van der Waals surface area contributed by atoms with Crippen molar-refractivity contribution in [2.24, 2.45) is 0 Å². The van der Waals surface area contributed by atoms with Crippen LogP contribution in [0.5, 0.6) is 0 Å². The van der Waals surface area contributed by atoms with Crippen LogP contribution in [0, 0.1) is 0 Å². The molecule has 4 nitrogen and oxygen atoms in total. The van der Waals surface area contributed by atoms with E-state index >= 15 is 0 Å². The highest BCUT2D eigenvalue weighted by Crippen LogP contribution is 2.24. The van der Waals surface area contributed by atoms with E-state index < -0.39 is 0 Å². The van der Waals surface area contributed by atoms with Crippen LogP contribution < -0.4 is 10.6 Å². The van der Waals surface area contributed by atoms with Crippen molar-refractivity contribution in [3.8, 4) is 0 Å². The lowest BCUT2D eigenvalue weighted by Crippen LogP contribution is -2.13. The molecule has 0 unspecified atom stereocenters. The van der Waals surface area contributed by atoms with Crippen molar-refractivity contribution in [1.82, 2.24) is 4.98 Å². The molecule has 0 aliphatic carbocycles. The molecule has 3 rings (SSSR count). The van der Waals surface area contributed by atoms with E-state index in [-0.39, 0.29) is 5.91 Å². The molecule has 19 heavy (non-hydrogen) atoms. The number of hydrogen-bond donors (Lipinski definition) is 2. The molecule has 0 saturated carbocycles. The number of carbonyl (C=O) groups excluding carboxylic acids is 1. The van der Waals surface area contributed by atoms with Crippen LogP contribution in [0.2, 0.25) is 0 Å². The van der Waals surface area contributed by atoms with Gasteiger partial charge in [-0.2, -0.15) is 0 Å². The first kappa shape index (κ1) is 12.2. The minimum absolute atomic E-state index is 0.157. The summed E-state index contributed by atoms with van der Waals surface area (Å²) in [5.41, 5.74) is 2.94. The Morgan fingerprint density at radius 1 is 1.37 bits per heavy atom. The second-order valence-electron chi connectivity index (χ2n) is 4.34. The highest BCUT2D eigenvalue weighted by Gasteiger charge is 2.14. The predicted octanol–water partition coefficient (Wildman–Crippen LogP) is 3.06. The van der Waals surface area contributed by atoms with E-state index in [0.717, 1.165) is 23.1 Å². The van der Waals surface area contributed by atoms with Crippen molar-refractivity contribution in [3.05, 3.63) is 52.1 Å². The van der Waals surface area contributed by atoms with Gasteiger partial charge in [0, 0.05) is 24.0 Å². The van der Waals surface area contributed by atoms with Gasteiger partial charge in [-0.05, 0) is 52.2 Å². The number of hydrogen-bond acceptors (Lipinski definition) is 3. The van der Waals surface area contributed by atoms with Gasteiger partial charge in [0.25, 0.3) is 5.91 Å². The van der Waals surface area contributed by atoms with Crippen molar-refractivity contribution in [1.29, 1.82) is 0 Å². The molecule has 5 heteroatoms. The SMILES string of the molecule is O=C(Nc1ncccc1Br)c1ccc2c(c1)NCC2. The Kier molecular flexibility index (Phi) is 3.21. The third-order valence-corrected chi connectivity index (χ3v) is 3.71. The molecule has 2 heterocycles. The standard InChI is InChI=1S/C14H12BrN3O/c15-11-2-1-6-17-13(11)18-14(19)10-4-3-9-5-7-16-12(9)8-10/h1-4,6,8,16H,5,7H2,(H,17,18,19). The van der Waals surface area contributed by atoms with Crippen molar-refractivity contribution >= 4 is 33.3 Å². The normalized spacial score (nSPS) is 12.7. The highest BCUT2D eigenvalue weighted by atomic mass is 79.9. The van der Waals surface area contributed by atoms with Gasteiger partial charge < -0.3 is 10.6 Å². The summed E-state index contributed by atoms with van der Waals surface area (Å²) in [5.74, 6) is 0.372. The summed E-state index contributed by atoms with van der Waals surface area (Å²) < 4.78 is 0.766. The van der Waals surface area contributed by atoms with Crippen LogP contribution in [-0.2, 0) is 6.42 Å². The fraction of sp³-hybridized carbons (Fsp3) is 0.143. The van der Waals surface area contributed by atoms with E-state index in [1.807, 2.05) is 24.3 Å². The third kappa shape index (κ3) is 2.46. The number of fused-ring (bicyclic) bond motifs is 1. The van der Waals surface area contributed by atoms with Gasteiger partial charge in [-0.1, -0.05) is 6.07 Å². The lowest BCUT2D eigenvalue weighted by atomic mass is 10.1. The molecule has 0 atom stereocenters. The van der Waals surface area contributed by atoms with Crippen molar-refractivity contribution in [3.63, 3.8) is 0 Å². The molecule has 1 amide bonds. The monoisotopic (exact) mass is 317 g/mol. The van der Waals surface area contributed by atoms with Crippen LogP contribution in [0.25, 0.3) is 0 Å². The zero-order valence-corrected chi connectivity index (χ0v) is 11.7. The van der Waals surface area contributed by atoms with Gasteiger partial charge in [0.1, 0.15) is 5.82 Å². The van der Waals surface area contributed by atoms with E-state index in [4.69, 9.17) is 0 Å². The maximum Gasteiger partial charge on any atom is 0.256 e. The molecule has 1 aromatic carbocycles. The van der Waals surface area contributed by atoms with E-state index in [0.29, 0.717) is 11.4 Å². The molecule has 0 saturated heterocycles. The van der Waals surface area contributed by atoms with Gasteiger partial charge in [-0.25, -0.2) is 4.98 Å². The summed E-state index contributed by atoms with van der Waals surface area (Å²) in [6.07, 6.45) is 2.66. The van der Waals surface area contributed by atoms with Crippen LogP contribution in [0.3, 0.4) is 0 Å². The summed E-state index contributed by atoms with van der Waals surface area (Å²) in [5, 5.41) is 6.06. The number of pyridine rings is 1. The smallest absolute Gasteiger partial charge is 0.256 e. The minimum atomic E-state index is -0.157. The van der Waals surface area contributed by atoms with Gasteiger partial charge in [0.15, 0.2) is 0 Å². The zero-order chi connectivity index (χ0) is 13.2. The Balaban J connectivity index is 1.83. The Morgan fingerprint density at radius 2 is 2.26 bits per heavy atom. The largest absolute Gasteiger partial charge is 0.384 e. The number of nitrogens with one attached hydrogen (secondary N) is 2. The van der Waals surface area contributed by atoms with Crippen LogP contribution in [-0.4, -0.2) is 17.4 Å². The van der Waals surface area contributed by atoms with E-state index in [2.05, 4.69) is 31.5 Å². The second kappa shape index (κ2) is 5.01. The fourth-order valence-electron chi connectivity index (χ4n) is 2.09. The number of anilines is 2. The summed E-state index contributed by atoms with van der Waals surface area (Å²) in [4.78, 5) is 16.3. The minimum Gasteiger partial charge on any atom is -0.384 e. The summed E-state index contributed by atoms with van der Waals surface area (Å²) in [6.45, 7) is 0.937. The first-order valence-corrected chi connectivity index (χ1v) is 6.82. The number of nitrogens with zero attached hydrogens (tertiary/aromatic N) is 1. The third-order valence-electron chi connectivity index (χ3n) is 3.07. The molecule has 0 spiro atoms. The number of aromatic nitrogens is 1. The first-order valence-electron chi connectivity index (χ1n) is 6.03. The molecule has 1 aliphatic rings. The fourth-order valence-corrected chi connectivity index (χ4v) is 2.44. The lowest BCUT2D eigenvalue weighted by molar-refractivity contribution is 0.102. The van der Waals surface area contributed by atoms with E-state index in [1.165, 1.54) is 5.56 Å². The first-order chi connectivity index (χ1) is 9.24. The topological polar surface area (TPSA) is 54.0 Å². The molecular formula is C14H12BrN3O. The zero-order valence-electron chi connectivity index (χ0n) is 10.1. The van der Waals surface area contributed by atoms with Crippen molar-refractivity contribution in [2.45, 2.75) is 6.42 Å². The van der Waals surface area contributed by atoms with Gasteiger partial charge in [-0.3, -0.25) is 4.79 Å². The second-order valence-corrected chi connectivity index (χ2v) is 5.19. The molecule has 0 fully saturated rings. The lowest BCUT2D eigenvalue weighted by Gasteiger charge is -2.07. The Labute approximate surface area is 119 Å². The Bertz CT molecular complexity index is 642. The average Bonchev–Trinajstić information content (AvgIpc) is 2.88. The number of amides is 1. The highest BCUT2D eigenvalue weighted by molar-refractivity contribution is 9.10. The average molecular weight is 318 g/mol. The number of rotatable bonds is 2. The van der Waals surface area contributed by atoms with E-state index in [9.17, 15) is 4.79 Å². The van der Waals surface area contributed by atoms with Crippen LogP contribution in [0.15, 0.2) is 41.0 Å². The van der Waals surface area contributed by atoms with Crippen molar-refractivity contribution < 1.29 is 4.79 Å². The van der Waals surface area contributed by atoms with Gasteiger partial charge in [0.2, 0.25) is 0 Å². The quantitative estimate of drug-likeness (QED) is 0.895. The molecule has 0 bridgehead atoms. The number of carbonyl (C=O) groups is 1. The van der Waals surface area contributed by atoms with Gasteiger partial charge >= 0.3 is 0 Å². The summed E-state index contributed by atoms with van der Waals surface area (Å²) >= 11 is 3.36. The number of halogens is 1. The molecule has 0 radical (unpaired) electrons. The number of benzene rings is 1. The van der Waals surface area contributed by atoms with E-state index in [1.54, 1.807) is 12.3 Å². The molecule has 2 N–H and O–H groups in total. The molecule has 2 aromatic rings. The summed E-state index contributed by atoms with van der Waals surface area (Å²) in [6, 6.07) is 9.37. The predicted molar refractivity (Wildman–Crippen MR) is 78.5 cm³/mol. The Morgan fingerprint density at radius 3 is 3.11 bits per heavy atom. The molecule has 1 aromatic heterocycles. The van der Waals surface area contributed by atoms with Gasteiger partial charge in [0.05, 0.1) is 4.47 Å². The molecule has 1 aliphatic heterocycles. The van der Waals surface area contributed by atoms with Crippen LogP contribution >= 0.6 is 15.9 Å². The Hall–Kier alpha value is -1.88. The van der Waals surface area contributed by atoms with Crippen LogP contribution in [0.1, 0.15) is 15.9 Å². The van der Waals surface area contributed by atoms with Gasteiger partial charge in [-0.15, -0.1) is 0 Å².